The number of hydrogen-bond acceptors (Lipinski definition) is 8. The van der Waals surface area contributed by atoms with Crippen molar-refractivity contribution in [3.05, 3.63) is 82.2 Å². The van der Waals surface area contributed by atoms with Gasteiger partial charge >= 0.3 is 24.0 Å². The summed E-state index contributed by atoms with van der Waals surface area (Å²) in [5, 5.41) is 10.8. The number of carbonyl (C=O) groups excluding carboxylic acids is 4. The lowest BCUT2D eigenvalue weighted by Gasteiger charge is -2.28. The average Bonchev–Trinajstić information content (AvgIpc) is 2.94. The molecular formula is C32H38N4O8. The topological polar surface area (TPSA) is 153 Å². The lowest BCUT2D eigenvalue weighted by molar-refractivity contribution is -0.144. The van der Waals surface area contributed by atoms with E-state index in [9.17, 15) is 19.2 Å². The van der Waals surface area contributed by atoms with Gasteiger partial charge in [0, 0.05) is 11.4 Å². The molecule has 0 radical (unpaired) electrons. The Bertz CT molecular complexity index is 1350. The van der Waals surface area contributed by atoms with Crippen LogP contribution in [0.25, 0.3) is 0 Å². The van der Waals surface area contributed by atoms with E-state index in [1.165, 1.54) is 0 Å². The number of carbonyl (C=O) groups is 4. The molecular weight excluding hydrogens is 568 g/mol. The molecule has 4 N–H and O–H groups in total. The number of allylic oxidation sites excluding steroid dienone is 2. The molecule has 4 rings (SSSR count). The van der Waals surface area contributed by atoms with E-state index >= 15 is 0 Å². The molecule has 2 aromatic carbocycles. The third-order valence-electron chi connectivity index (χ3n) is 6.71. The molecule has 0 aliphatic carbocycles. The summed E-state index contributed by atoms with van der Waals surface area (Å²) in [6.45, 7) is 10.9. The highest BCUT2D eigenvalue weighted by atomic mass is 16.5. The molecule has 12 nitrogen and oxygen atoms in total. The van der Waals surface area contributed by atoms with Crippen LogP contribution in [0.3, 0.4) is 0 Å². The molecule has 0 fully saturated rings. The zero-order valence-corrected chi connectivity index (χ0v) is 25.6. The van der Waals surface area contributed by atoms with Crippen LogP contribution in [0.2, 0.25) is 0 Å². The number of hydrogen-bond donors (Lipinski definition) is 4. The van der Waals surface area contributed by atoms with Crippen LogP contribution in [0.1, 0.15) is 64.8 Å². The SMILES string of the molecule is CC1=C(C(=O)OC(C)C)C(c2ccc(OCCOc3ccc(C4NC(=O)NC(C)=C4C(=O)OC(C)C)cc3)cc2)NC(=O)N1. The first-order valence-electron chi connectivity index (χ1n) is 14.4. The summed E-state index contributed by atoms with van der Waals surface area (Å²) in [4.78, 5) is 49.7. The molecule has 234 valence electrons. The second kappa shape index (κ2) is 14.0. The molecule has 2 aliphatic rings. The second-order valence-corrected chi connectivity index (χ2v) is 10.9. The van der Waals surface area contributed by atoms with Crippen molar-refractivity contribution in [1.82, 2.24) is 21.3 Å². The van der Waals surface area contributed by atoms with Gasteiger partial charge in [0.15, 0.2) is 0 Å². The van der Waals surface area contributed by atoms with Crippen LogP contribution in [0, 0.1) is 0 Å². The Labute approximate surface area is 256 Å². The summed E-state index contributed by atoms with van der Waals surface area (Å²) in [7, 11) is 0. The molecule has 2 atom stereocenters. The Morgan fingerprint density at radius 2 is 0.977 bits per heavy atom. The second-order valence-electron chi connectivity index (χ2n) is 10.9. The lowest BCUT2D eigenvalue weighted by Crippen LogP contribution is -2.45. The Morgan fingerprint density at radius 3 is 1.30 bits per heavy atom. The minimum Gasteiger partial charge on any atom is -0.490 e. The van der Waals surface area contributed by atoms with Crippen molar-refractivity contribution in [3.8, 4) is 11.5 Å². The van der Waals surface area contributed by atoms with Crippen molar-refractivity contribution in [1.29, 1.82) is 0 Å². The Morgan fingerprint density at radius 1 is 0.636 bits per heavy atom. The van der Waals surface area contributed by atoms with E-state index in [1.54, 1.807) is 90.1 Å². The van der Waals surface area contributed by atoms with E-state index in [4.69, 9.17) is 18.9 Å². The van der Waals surface area contributed by atoms with Gasteiger partial charge in [0.1, 0.15) is 24.7 Å². The van der Waals surface area contributed by atoms with E-state index in [-0.39, 0.29) is 25.4 Å². The van der Waals surface area contributed by atoms with Gasteiger partial charge < -0.3 is 40.2 Å². The van der Waals surface area contributed by atoms with Crippen LogP contribution >= 0.6 is 0 Å². The summed E-state index contributed by atoms with van der Waals surface area (Å²) >= 11 is 0. The van der Waals surface area contributed by atoms with Crippen molar-refractivity contribution < 1.29 is 38.1 Å². The maximum atomic E-state index is 12.7. The fourth-order valence-electron chi connectivity index (χ4n) is 4.82. The molecule has 2 aromatic rings. The number of urea groups is 2. The number of esters is 2. The molecule has 12 heteroatoms. The lowest BCUT2D eigenvalue weighted by atomic mass is 9.95. The smallest absolute Gasteiger partial charge is 0.338 e. The number of rotatable bonds is 11. The fourth-order valence-corrected chi connectivity index (χ4v) is 4.82. The van der Waals surface area contributed by atoms with Gasteiger partial charge in [-0.15, -0.1) is 0 Å². The largest absolute Gasteiger partial charge is 0.490 e. The highest BCUT2D eigenvalue weighted by Gasteiger charge is 2.34. The summed E-state index contributed by atoms with van der Waals surface area (Å²) in [6, 6.07) is 12.0. The fraction of sp³-hybridized carbons (Fsp3) is 0.375. The number of nitrogens with one attached hydrogen (secondary N) is 4. The average molecular weight is 607 g/mol. The van der Waals surface area contributed by atoms with E-state index in [0.717, 1.165) is 0 Å². The quantitative estimate of drug-likeness (QED) is 0.218. The molecule has 0 aromatic heterocycles. The molecule has 2 aliphatic heterocycles. The number of ether oxygens (including phenoxy) is 4. The van der Waals surface area contributed by atoms with E-state index in [1.807, 2.05) is 0 Å². The van der Waals surface area contributed by atoms with Gasteiger partial charge in [-0.05, 0) is 76.9 Å². The third kappa shape index (κ3) is 7.88. The van der Waals surface area contributed by atoms with Crippen molar-refractivity contribution in [2.45, 2.75) is 65.8 Å². The Hall–Kier alpha value is -5.00. The number of amides is 4. The van der Waals surface area contributed by atoms with E-state index in [2.05, 4.69) is 21.3 Å². The van der Waals surface area contributed by atoms with Crippen LogP contribution in [-0.2, 0) is 19.1 Å². The first-order chi connectivity index (χ1) is 20.9. The zero-order chi connectivity index (χ0) is 32.0. The van der Waals surface area contributed by atoms with Gasteiger partial charge in [-0.3, -0.25) is 0 Å². The van der Waals surface area contributed by atoms with E-state index in [0.29, 0.717) is 45.2 Å². The van der Waals surface area contributed by atoms with Gasteiger partial charge in [-0.1, -0.05) is 24.3 Å². The minimum atomic E-state index is -0.662. The van der Waals surface area contributed by atoms with Gasteiger partial charge in [0.2, 0.25) is 0 Å². The summed E-state index contributed by atoms with van der Waals surface area (Å²) in [5.41, 5.74) is 2.97. The van der Waals surface area contributed by atoms with E-state index < -0.39 is 36.1 Å². The maximum absolute atomic E-state index is 12.7. The van der Waals surface area contributed by atoms with Crippen LogP contribution in [-0.4, -0.2) is 49.4 Å². The Balaban J connectivity index is 1.33. The molecule has 4 amide bonds. The van der Waals surface area contributed by atoms with Gasteiger partial charge in [0.05, 0.1) is 35.4 Å². The molecule has 2 unspecified atom stereocenters. The normalized spacial score (nSPS) is 18.3. The standard InChI is InChI=1S/C32H38N4O8/c1-17(2)43-29(37)25-19(5)33-31(39)35-27(25)21-7-11-23(12-8-21)41-15-16-42-24-13-9-22(10-14-24)28-26(30(38)44-18(3)4)20(6)34-32(40)36-28/h7-14,17-18,27-28H,15-16H2,1-6H3,(H2,33,35,39)(H2,34,36,40). The third-order valence-corrected chi connectivity index (χ3v) is 6.71. The Kier molecular flexibility index (Phi) is 10.1. The summed E-state index contributed by atoms with van der Waals surface area (Å²) in [6.07, 6.45) is -0.604. The first-order valence-corrected chi connectivity index (χ1v) is 14.4. The highest BCUT2D eigenvalue weighted by molar-refractivity contribution is 5.95. The molecule has 0 saturated heterocycles. The van der Waals surface area contributed by atoms with Gasteiger partial charge in [0.25, 0.3) is 0 Å². The van der Waals surface area contributed by atoms with Crippen molar-refractivity contribution in [2.24, 2.45) is 0 Å². The molecule has 0 spiro atoms. The summed E-state index contributed by atoms with van der Waals surface area (Å²) in [5.74, 6) is 0.178. The van der Waals surface area contributed by atoms with Crippen LogP contribution in [0.15, 0.2) is 71.1 Å². The number of benzene rings is 2. The highest BCUT2D eigenvalue weighted by Crippen LogP contribution is 2.30. The molecule has 0 bridgehead atoms. The molecule has 44 heavy (non-hydrogen) atoms. The zero-order valence-electron chi connectivity index (χ0n) is 25.6. The van der Waals surface area contributed by atoms with Crippen LogP contribution in [0.5, 0.6) is 11.5 Å². The van der Waals surface area contributed by atoms with Gasteiger partial charge in [-0.2, -0.15) is 0 Å². The van der Waals surface area contributed by atoms with Crippen molar-refractivity contribution >= 4 is 24.0 Å². The maximum Gasteiger partial charge on any atom is 0.338 e. The molecule has 2 heterocycles. The monoisotopic (exact) mass is 606 g/mol. The first kappa shape index (κ1) is 31.9. The molecule has 0 saturated carbocycles. The minimum absolute atomic E-state index is 0.258. The van der Waals surface area contributed by atoms with Gasteiger partial charge in [-0.25, -0.2) is 19.2 Å². The van der Waals surface area contributed by atoms with Crippen molar-refractivity contribution in [3.63, 3.8) is 0 Å². The van der Waals surface area contributed by atoms with Crippen LogP contribution < -0.4 is 30.7 Å². The summed E-state index contributed by atoms with van der Waals surface area (Å²) < 4.78 is 22.4. The van der Waals surface area contributed by atoms with Crippen molar-refractivity contribution in [2.75, 3.05) is 13.2 Å². The predicted octanol–water partition coefficient (Wildman–Crippen LogP) is 4.30. The van der Waals surface area contributed by atoms with Crippen LogP contribution in [0.4, 0.5) is 9.59 Å². The predicted molar refractivity (Wildman–Crippen MR) is 161 cm³/mol.